The number of imidazole rings is 1. The number of unbranched alkanes of at least 4 members (excludes halogenated alkanes) is 1. The van der Waals surface area contributed by atoms with Crippen molar-refractivity contribution in [1.82, 2.24) is 9.55 Å². The second kappa shape index (κ2) is 7.38. The van der Waals surface area contributed by atoms with Crippen molar-refractivity contribution in [3.05, 3.63) is 28.2 Å². The molecule has 0 aliphatic heterocycles. The molecule has 3 nitrogen and oxygen atoms in total. The third kappa shape index (κ3) is 3.51. The third-order valence-corrected chi connectivity index (χ3v) is 3.94. The van der Waals surface area contributed by atoms with E-state index in [9.17, 15) is 4.39 Å². The Morgan fingerprint density at radius 2 is 2.20 bits per heavy atom. The van der Waals surface area contributed by atoms with Gasteiger partial charge >= 0.3 is 0 Å². The number of hydrogen-bond donors (Lipinski definition) is 0. The lowest BCUT2D eigenvalue weighted by Crippen LogP contribution is -2.09. The van der Waals surface area contributed by atoms with E-state index in [1.54, 1.807) is 6.07 Å². The van der Waals surface area contributed by atoms with Crippen molar-refractivity contribution in [2.45, 2.75) is 32.2 Å². The molecular formula is C14H17BrClFN2O. The number of fused-ring (bicyclic) bond motifs is 1. The molecule has 0 spiro atoms. The predicted molar refractivity (Wildman–Crippen MR) is 82.7 cm³/mol. The summed E-state index contributed by atoms with van der Waals surface area (Å²) >= 11 is 9.12. The van der Waals surface area contributed by atoms with Crippen molar-refractivity contribution < 1.29 is 9.13 Å². The number of halogens is 3. The molecule has 0 unspecified atom stereocenters. The van der Waals surface area contributed by atoms with Crippen molar-refractivity contribution in [3.63, 3.8) is 0 Å². The first-order valence-electron chi connectivity index (χ1n) is 6.65. The van der Waals surface area contributed by atoms with Crippen molar-refractivity contribution in [1.29, 1.82) is 0 Å². The minimum Gasteiger partial charge on any atom is -0.380 e. The highest BCUT2D eigenvalue weighted by Crippen LogP contribution is 2.24. The van der Waals surface area contributed by atoms with Crippen LogP contribution in [0.4, 0.5) is 4.39 Å². The van der Waals surface area contributed by atoms with Crippen LogP contribution in [0, 0.1) is 5.82 Å². The Morgan fingerprint density at radius 1 is 1.40 bits per heavy atom. The summed E-state index contributed by atoms with van der Waals surface area (Å²) in [4.78, 5) is 4.36. The molecule has 2 rings (SSSR count). The Morgan fingerprint density at radius 3 is 2.90 bits per heavy atom. The molecular weight excluding hydrogens is 347 g/mol. The Kier molecular flexibility index (Phi) is 5.81. The predicted octanol–water partition coefficient (Wildman–Crippen LogP) is 4.49. The molecule has 0 aliphatic rings. The molecule has 2 aromatic rings. The molecule has 0 radical (unpaired) electrons. The van der Waals surface area contributed by atoms with Gasteiger partial charge in [-0.2, -0.15) is 0 Å². The normalized spacial score (nSPS) is 11.4. The summed E-state index contributed by atoms with van der Waals surface area (Å²) in [5, 5.41) is 0. The van der Waals surface area contributed by atoms with E-state index in [0.29, 0.717) is 29.0 Å². The zero-order valence-corrected chi connectivity index (χ0v) is 13.7. The van der Waals surface area contributed by atoms with Gasteiger partial charge in [-0.15, -0.1) is 11.6 Å². The van der Waals surface area contributed by atoms with E-state index in [0.717, 1.165) is 30.8 Å². The number of nitrogens with zero attached hydrogens (tertiary/aromatic N) is 2. The van der Waals surface area contributed by atoms with Gasteiger partial charge < -0.3 is 9.30 Å². The van der Waals surface area contributed by atoms with Crippen LogP contribution in [0.1, 0.15) is 25.6 Å². The van der Waals surface area contributed by atoms with Gasteiger partial charge in [0, 0.05) is 19.2 Å². The third-order valence-electron chi connectivity index (χ3n) is 3.09. The second-order valence-corrected chi connectivity index (χ2v) is 5.66. The second-order valence-electron chi connectivity index (χ2n) is 4.53. The van der Waals surface area contributed by atoms with Gasteiger partial charge in [0.2, 0.25) is 0 Å². The van der Waals surface area contributed by atoms with Crippen LogP contribution < -0.4 is 0 Å². The van der Waals surface area contributed by atoms with Gasteiger partial charge in [-0.25, -0.2) is 9.37 Å². The maximum atomic E-state index is 13.5. The van der Waals surface area contributed by atoms with Crippen LogP contribution in [0.2, 0.25) is 0 Å². The van der Waals surface area contributed by atoms with E-state index in [2.05, 4.69) is 27.8 Å². The quantitative estimate of drug-likeness (QED) is 0.535. The van der Waals surface area contributed by atoms with Crippen LogP contribution in [0.25, 0.3) is 11.0 Å². The van der Waals surface area contributed by atoms with E-state index in [4.69, 9.17) is 16.3 Å². The van der Waals surface area contributed by atoms with Gasteiger partial charge in [-0.3, -0.25) is 0 Å². The summed E-state index contributed by atoms with van der Waals surface area (Å²) in [5.74, 6) is 0.712. The highest BCUT2D eigenvalue weighted by Gasteiger charge is 2.12. The number of aromatic nitrogens is 2. The number of rotatable bonds is 7. The fourth-order valence-corrected chi connectivity index (χ4v) is 2.56. The first kappa shape index (κ1) is 15.7. The van der Waals surface area contributed by atoms with Crippen molar-refractivity contribution in [3.8, 4) is 0 Å². The fraction of sp³-hybridized carbons (Fsp3) is 0.500. The van der Waals surface area contributed by atoms with E-state index >= 15 is 0 Å². The summed E-state index contributed by atoms with van der Waals surface area (Å²) in [6, 6.07) is 3.16. The molecule has 0 fully saturated rings. The van der Waals surface area contributed by atoms with Crippen LogP contribution in [0.15, 0.2) is 16.6 Å². The summed E-state index contributed by atoms with van der Waals surface area (Å²) in [6.45, 7) is 4.16. The number of ether oxygens (including phenoxy) is 1. The van der Waals surface area contributed by atoms with E-state index in [1.807, 2.05) is 4.57 Å². The molecule has 6 heteroatoms. The largest absolute Gasteiger partial charge is 0.380 e. The lowest BCUT2D eigenvalue weighted by molar-refractivity contribution is 0.124. The highest BCUT2D eigenvalue weighted by atomic mass is 79.9. The van der Waals surface area contributed by atoms with Crippen LogP contribution in [-0.4, -0.2) is 22.8 Å². The maximum Gasteiger partial charge on any atom is 0.139 e. The number of benzene rings is 1. The summed E-state index contributed by atoms with van der Waals surface area (Å²) in [5.41, 5.74) is 1.49. The zero-order chi connectivity index (χ0) is 14.5. The lowest BCUT2D eigenvalue weighted by Gasteiger charge is -2.08. The Hall–Kier alpha value is -0.650. The van der Waals surface area contributed by atoms with Crippen molar-refractivity contribution in [2.24, 2.45) is 0 Å². The average Bonchev–Trinajstić information content (AvgIpc) is 2.76. The van der Waals surface area contributed by atoms with Crippen LogP contribution in [0.5, 0.6) is 0 Å². The van der Waals surface area contributed by atoms with Gasteiger partial charge in [-0.1, -0.05) is 13.3 Å². The van der Waals surface area contributed by atoms with Crippen LogP contribution in [0.3, 0.4) is 0 Å². The number of hydrogen-bond acceptors (Lipinski definition) is 2. The van der Waals surface area contributed by atoms with E-state index < -0.39 is 0 Å². The van der Waals surface area contributed by atoms with Crippen molar-refractivity contribution >= 4 is 38.6 Å². The SMILES string of the molecule is CCCCOCCn1c(CCl)nc2cc(F)c(Br)cc21. The average molecular weight is 364 g/mol. The molecule has 20 heavy (non-hydrogen) atoms. The van der Waals surface area contributed by atoms with Gasteiger partial charge in [0.15, 0.2) is 0 Å². The topological polar surface area (TPSA) is 27.1 Å². The fourth-order valence-electron chi connectivity index (χ4n) is 2.03. The molecule has 1 heterocycles. The molecule has 1 aromatic heterocycles. The molecule has 0 N–H and O–H groups in total. The molecule has 0 amide bonds. The Balaban J connectivity index is 2.19. The standard InChI is InChI=1S/C14H17BrClFN2O/c1-2-3-5-20-6-4-19-13-7-10(15)11(17)8-12(13)18-14(19)9-16/h7-8H,2-6,9H2,1H3. The Labute approximate surface area is 131 Å². The molecule has 0 atom stereocenters. The molecule has 110 valence electrons. The van der Waals surface area contributed by atoms with E-state index in [1.165, 1.54) is 6.07 Å². The summed E-state index contributed by atoms with van der Waals surface area (Å²) in [7, 11) is 0. The minimum absolute atomic E-state index is 0.295. The molecule has 1 aromatic carbocycles. The number of alkyl halides is 1. The first-order chi connectivity index (χ1) is 9.67. The molecule has 0 bridgehead atoms. The molecule has 0 saturated heterocycles. The molecule has 0 aliphatic carbocycles. The highest BCUT2D eigenvalue weighted by molar-refractivity contribution is 9.10. The van der Waals surface area contributed by atoms with Crippen molar-refractivity contribution in [2.75, 3.05) is 13.2 Å². The van der Waals surface area contributed by atoms with Gasteiger partial charge in [0.1, 0.15) is 11.6 Å². The van der Waals surface area contributed by atoms with Gasteiger partial charge in [0.05, 0.1) is 28.0 Å². The molecule has 0 saturated carbocycles. The minimum atomic E-state index is -0.317. The smallest absolute Gasteiger partial charge is 0.139 e. The van der Waals surface area contributed by atoms with Crippen LogP contribution in [-0.2, 0) is 17.2 Å². The lowest BCUT2D eigenvalue weighted by atomic mass is 10.3. The van der Waals surface area contributed by atoms with Gasteiger partial charge in [-0.05, 0) is 28.4 Å². The summed E-state index contributed by atoms with van der Waals surface area (Å²) < 4.78 is 21.5. The monoisotopic (exact) mass is 362 g/mol. The van der Waals surface area contributed by atoms with Crippen LogP contribution >= 0.6 is 27.5 Å². The summed E-state index contributed by atoms with van der Waals surface area (Å²) in [6.07, 6.45) is 2.18. The van der Waals surface area contributed by atoms with E-state index in [-0.39, 0.29) is 5.82 Å². The van der Waals surface area contributed by atoms with Gasteiger partial charge in [0.25, 0.3) is 0 Å². The first-order valence-corrected chi connectivity index (χ1v) is 7.98. The zero-order valence-electron chi connectivity index (χ0n) is 11.3. The maximum absolute atomic E-state index is 13.5. The Bertz CT molecular complexity index is 588.